The summed E-state index contributed by atoms with van der Waals surface area (Å²) in [5.74, 6) is 2.07. The average molecular weight is 363 g/mol. The van der Waals surface area contributed by atoms with E-state index >= 15 is 0 Å². The summed E-state index contributed by atoms with van der Waals surface area (Å²) in [6.45, 7) is 0.823. The van der Waals surface area contributed by atoms with Gasteiger partial charge in [-0.3, -0.25) is 0 Å². The predicted molar refractivity (Wildman–Crippen MR) is 114 cm³/mol. The van der Waals surface area contributed by atoms with E-state index in [1.165, 1.54) is 22.3 Å². The van der Waals surface area contributed by atoms with Crippen LogP contribution in [0, 0.1) is 0 Å². The summed E-state index contributed by atoms with van der Waals surface area (Å²) in [6.07, 6.45) is 0. The van der Waals surface area contributed by atoms with Gasteiger partial charge in [-0.2, -0.15) is 0 Å². The molecule has 2 heteroatoms. The van der Waals surface area contributed by atoms with Crippen LogP contribution in [-0.2, 0) is 6.54 Å². The van der Waals surface area contributed by atoms with Crippen molar-refractivity contribution in [3.8, 4) is 11.5 Å². The highest BCUT2D eigenvalue weighted by Gasteiger charge is 2.27. The highest BCUT2D eigenvalue weighted by Crippen LogP contribution is 2.46. The number of nitrogens with one attached hydrogen (secondary N) is 1. The summed E-state index contributed by atoms with van der Waals surface area (Å²) < 4.78 is 6.13. The molecule has 4 aromatic rings. The van der Waals surface area contributed by atoms with Crippen LogP contribution >= 0.6 is 0 Å². The predicted octanol–water partition coefficient (Wildman–Crippen LogP) is 6.58. The first-order chi connectivity index (χ1) is 13.9. The zero-order chi connectivity index (χ0) is 18.8. The molecule has 2 nitrogen and oxygen atoms in total. The number of anilines is 1. The Balaban J connectivity index is 1.45. The molecule has 0 amide bonds. The monoisotopic (exact) mass is 363 g/mol. The van der Waals surface area contributed by atoms with Crippen molar-refractivity contribution in [2.45, 2.75) is 12.5 Å². The smallest absolute Gasteiger partial charge is 0.131 e. The van der Waals surface area contributed by atoms with Gasteiger partial charge in [0.15, 0.2) is 0 Å². The van der Waals surface area contributed by atoms with Crippen LogP contribution in [0.1, 0.15) is 28.2 Å². The first-order valence-electron chi connectivity index (χ1n) is 9.62. The molecular weight excluding hydrogens is 342 g/mol. The van der Waals surface area contributed by atoms with Gasteiger partial charge in [-0.25, -0.2) is 0 Å². The Morgan fingerprint density at radius 2 is 1.18 bits per heavy atom. The van der Waals surface area contributed by atoms with Gasteiger partial charge in [-0.1, -0.05) is 78.9 Å². The van der Waals surface area contributed by atoms with E-state index in [1.54, 1.807) is 0 Å². The minimum Gasteiger partial charge on any atom is -0.457 e. The van der Waals surface area contributed by atoms with E-state index in [9.17, 15) is 0 Å². The van der Waals surface area contributed by atoms with E-state index in [1.807, 2.05) is 30.3 Å². The molecule has 0 saturated heterocycles. The lowest BCUT2D eigenvalue weighted by atomic mass is 9.82. The zero-order valence-corrected chi connectivity index (χ0v) is 15.5. The van der Waals surface area contributed by atoms with Crippen LogP contribution in [0.15, 0.2) is 103 Å². The number of benzene rings is 4. The fourth-order valence-corrected chi connectivity index (χ4v) is 3.86. The Labute approximate surface area is 165 Å². The third-order valence-corrected chi connectivity index (χ3v) is 5.26. The molecule has 0 radical (unpaired) electrons. The van der Waals surface area contributed by atoms with Crippen LogP contribution in [0.2, 0.25) is 0 Å². The van der Waals surface area contributed by atoms with Crippen LogP contribution < -0.4 is 10.1 Å². The fraction of sp³-hybridized carbons (Fsp3) is 0.0769. The zero-order valence-electron chi connectivity index (χ0n) is 15.5. The minimum absolute atomic E-state index is 0.185. The van der Waals surface area contributed by atoms with Crippen molar-refractivity contribution in [3.63, 3.8) is 0 Å². The highest BCUT2D eigenvalue weighted by atomic mass is 16.5. The Hall–Kier alpha value is -3.52. The summed E-state index contributed by atoms with van der Waals surface area (Å²) >= 11 is 0. The van der Waals surface area contributed by atoms with E-state index < -0.39 is 0 Å². The largest absolute Gasteiger partial charge is 0.457 e. The molecule has 0 unspecified atom stereocenters. The summed E-state index contributed by atoms with van der Waals surface area (Å²) in [4.78, 5) is 0. The lowest BCUT2D eigenvalue weighted by Crippen LogP contribution is -2.11. The second-order valence-corrected chi connectivity index (χ2v) is 7.07. The molecule has 0 saturated carbocycles. The van der Waals surface area contributed by atoms with Gasteiger partial charge < -0.3 is 10.1 Å². The number of hydrogen-bond acceptors (Lipinski definition) is 2. The van der Waals surface area contributed by atoms with Gasteiger partial charge in [-0.05, 0) is 35.4 Å². The van der Waals surface area contributed by atoms with Crippen molar-refractivity contribution in [2.24, 2.45) is 0 Å². The van der Waals surface area contributed by atoms with E-state index in [0.717, 1.165) is 23.7 Å². The van der Waals surface area contributed by atoms with E-state index in [-0.39, 0.29) is 5.92 Å². The topological polar surface area (TPSA) is 21.3 Å². The van der Waals surface area contributed by atoms with Crippen LogP contribution in [0.5, 0.6) is 11.5 Å². The second-order valence-electron chi connectivity index (χ2n) is 7.07. The van der Waals surface area contributed by atoms with Gasteiger partial charge >= 0.3 is 0 Å². The third-order valence-electron chi connectivity index (χ3n) is 5.26. The highest BCUT2D eigenvalue weighted by molar-refractivity contribution is 5.59. The molecule has 0 aromatic heterocycles. The molecule has 4 aromatic carbocycles. The molecule has 1 N–H and O–H groups in total. The lowest BCUT2D eigenvalue weighted by molar-refractivity contribution is 0.453. The van der Waals surface area contributed by atoms with Gasteiger partial charge in [-0.15, -0.1) is 0 Å². The fourth-order valence-electron chi connectivity index (χ4n) is 3.86. The van der Waals surface area contributed by atoms with Crippen molar-refractivity contribution in [1.82, 2.24) is 0 Å². The van der Waals surface area contributed by atoms with E-state index in [0.29, 0.717) is 0 Å². The van der Waals surface area contributed by atoms with Gasteiger partial charge in [0, 0.05) is 29.3 Å². The standard InChI is InChI=1S/C26H21NO/c1-2-8-19(9-3-1)18-27-21-16-14-20(15-17-21)26-22-10-4-6-12-24(22)28-25-13-7-5-11-23(25)26/h1-17,26-27H,18H2. The molecule has 1 aliphatic heterocycles. The number of ether oxygens (including phenoxy) is 1. The Kier molecular flexibility index (Phi) is 4.30. The number of para-hydroxylation sites is 2. The molecule has 136 valence electrons. The summed E-state index contributed by atoms with van der Waals surface area (Å²) in [5, 5.41) is 3.50. The molecule has 0 aliphatic carbocycles. The molecule has 1 heterocycles. The van der Waals surface area contributed by atoms with Crippen LogP contribution in [0.3, 0.4) is 0 Å². The molecule has 0 atom stereocenters. The van der Waals surface area contributed by atoms with Gasteiger partial charge in [0.25, 0.3) is 0 Å². The molecule has 0 spiro atoms. The minimum atomic E-state index is 0.185. The van der Waals surface area contributed by atoms with Gasteiger partial charge in [0.1, 0.15) is 11.5 Å². The molecule has 1 aliphatic rings. The second kappa shape index (κ2) is 7.24. The van der Waals surface area contributed by atoms with E-state index in [2.05, 4.69) is 78.1 Å². The first-order valence-corrected chi connectivity index (χ1v) is 9.62. The van der Waals surface area contributed by atoms with Crippen molar-refractivity contribution in [2.75, 3.05) is 5.32 Å². The van der Waals surface area contributed by atoms with E-state index in [4.69, 9.17) is 4.74 Å². The Bertz CT molecular complexity index is 1040. The number of rotatable bonds is 4. The summed E-state index contributed by atoms with van der Waals surface area (Å²) in [5.41, 5.74) is 6.10. The Morgan fingerprint density at radius 1 is 0.607 bits per heavy atom. The normalized spacial score (nSPS) is 12.6. The van der Waals surface area contributed by atoms with Crippen LogP contribution in [0.25, 0.3) is 0 Å². The molecular formula is C26H21NO. The van der Waals surface area contributed by atoms with Gasteiger partial charge in [0.05, 0.1) is 0 Å². The third kappa shape index (κ3) is 3.14. The maximum Gasteiger partial charge on any atom is 0.131 e. The van der Waals surface area contributed by atoms with Crippen molar-refractivity contribution in [3.05, 3.63) is 125 Å². The average Bonchev–Trinajstić information content (AvgIpc) is 2.77. The van der Waals surface area contributed by atoms with Crippen molar-refractivity contribution in [1.29, 1.82) is 0 Å². The molecule has 0 bridgehead atoms. The summed E-state index contributed by atoms with van der Waals surface area (Å²) in [7, 11) is 0. The number of fused-ring (bicyclic) bond motifs is 2. The molecule has 5 rings (SSSR count). The first kappa shape index (κ1) is 16.6. The quantitative estimate of drug-likeness (QED) is 0.389. The van der Waals surface area contributed by atoms with Gasteiger partial charge in [0.2, 0.25) is 0 Å². The molecule has 28 heavy (non-hydrogen) atoms. The molecule has 0 fully saturated rings. The van der Waals surface area contributed by atoms with Crippen LogP contribution in [-0.4, -0.2) is 0 Å². The summed E-state index contributed by atoms with van der Waals surface area (Å²) in [6, 6.07) is 35.9. The number of hydrogen-bond donors (Lipinski definition) is 1. The lowest BCUT2D eigenvalue weighted by Gasteiger charge is -2.28. The maximum absolute atomic E-state index is 6.13. The Morgan fingerprint density at radius 3 is 1.82 bits per heavy atom. The van der Waals surface area contributed by atoms with Crippen molar-refractivity contribution < 1.29 is 4.74 Å². The SMILES string of the molecule is c1ccc(CNc2ccc(C3c4ccccc4Oc4ccccc43)cc2)cc1. The maximum atomic E-state index is 6.13. The van der Waals surface area contributed by atoms with Crippen molar-refractivity contribution >= 4 is 5.69 Å². The van der Waals surface area contributed by atoms with Crippen LogP contribution in [0.4, 0.5) is 5.69 Å².